The Morgan fingerprint density at radius 2 is 1.67 bits per heavy atom. The molecule has 1 N–H and O–H groups in total. The van der Waals surface area contributed by atoms with E-state index >= 15 is 0 Å². The second kappa shape index (κ2) is 8.18. The van der Waals surface area contributed by atoms with Crippen LogP contribution in [0.2, 0.25) is 10.0 Å². The van der Waals surface area contributed by atoms with Gasteiger partial charge in [-0.3, -0.25) is 9.59 Å². The van der Waals surface area contributed by atoms with E-state index in [1.807, 2.05) is 31.2 Å². The summed E-state index contributed by atoms with van der Waals surface area (Å²) in [6.07, 6.45) is 0. The number of para-hydroxylation sites is 1. The molecule has 0 bridgehead atoms. The average Bonchev–Trinajstić information content (AvgIpc) is 2.52. The van der Waals surface area contributed by atoms with Crippen molar-refractivity contribution in [1.82, 2.24) is 4.90 Å². The molecule has 0 aliphatic carbocycles. The van der Waals surface area contributed by atoms with Crippen LogP contribution in [0.4, 0.5) is 5.69 Å². The molecule has 0 aliphatic rings. The Bertz CT molecular complexity index is 742. The Morgan fingerprint density at radius 3 is 2.25 bits per heavy atom. The predicted molar refractivity (Wildman–Crippen MR) is 97.4 cm³/mol. The molecule has 2 rings (SSSR count). The topological polar surface area (TPSA) is 49.4 Å². The first-order chi connectivity index (χ1) is 11.4. The molecule has 0 unspecified atom stereocenters. The molecule has 6 heteroatoms. The molecule has 126 valence electrons. The molecule has 2 aromatic carbocycles. The van der Waals surface area contributed by atoms with E-state index in [2.05, 4.69) is 5.32 Å². The van der Waals surface area contributed by atoms with Crippen LogP contribution in [-0.4, -0.2) is 23.3 Å². The van der Waals surface area contributed by atoms with Gasteiger partial charge in [0.1, 0.15) is 6.54 Å². The van der Waals surface area contributed by atoms with E-state index in [0.29, 0.717) is 22.3 Å². The van der Waals surface area contributed by atoms with E-state index in [9.17, 15) is 9.59 Å². The summed E-state index contributed by atoms with van der Waals surface area (Å²) in [4.78, 5) is 25.6. The van der Waals surface area contributed by atoms with Gasteiger partial charge in [-0.1, -0.05) is 53.5 Å². The second-order valence-electron chi connectivity index (χ2n) is 5.45. The minimum absolute atomic E-state index is 0.0782. The third kappa shape index (κ3) is 4.73. The van der Waals surface area contributed by atoms with Crippen molar-refractivity contribution in [2.75, 3.05) is 11.9 Å². The van der Waals surface area contributed by atoms with Crippen LogP contribution >= 0.6 is 23.2 Å². The largest absolute Gasteiger partial charge is 0.329 e. The Hall–Kier alpha value is -2.04. The second-order valence-corrected chi connectivity index (χ2v) is 6.26. The van der Waals surface area contributed by atoms with Gasteiger partial charge < -0.3 is 10.2 Å². The normalized spacial score (nSPS) is 10.3. The summed E-state index contributed by atoms with van der Waals surface area (Å²) in [5.74, 6) is -0.535. The maximum atomic E-state index is 12.3. The van der Waals surface area contributed by atoms with Crippen molar-refractivity contribution < 1.29 is 9.59 Å². The summed E-state index contributed by atoms with van der Waals surface area (Å²) < 4.78 is 0. The van der Waals surface area contributed by atoms with Crippen LogP contribution in [0.1, 0.15) is 18.1 Å². The van der Waals surface area contributed by atoms with Gasteiger partial charge in [-0.2, -0.15) is 0 Å². The fourth-order valence-electron chi connectivity index (χ4n) is 2.24. The summed E-state index contributed by atoms with van der Waals surface area (Å²) in [6, 6.07) is 12.7. The Kier molecular flexibility index (Phi) is 6.23. The molecule has 2 aromatic rings. The highest BCUT2D eigenvalue weighted by Gasteiger charge is 2.17. The van der Waals surface area contributed by atoms with Crippen LogP contribution in [0.5, 0.6) is 0 Å². The monoisotopic (exact) mass is 364 g/mol. The van der Waals surface area contributed by atoms with E-state index in [1.165, 1.54) is 11.8 Å². The summed E-state index contributed by atoms with van der Waals surface area (Å²) in [7, 11) is 0. The van der Waals surface area contributed by atoms with Crippen LogP contribution in [0.25, 0.3) is 0 Å². The van der Waals surface area contributed by atoms with Gasteiger partial charge in [0.25, 0.3) is 0 Å². The van der Waals surface area contributed by atoms with Crippen molar-refractivity contribution in [3.05, 3.63) is 63.6 Å². The summed E-state index contributed by atoms with van der Waals surface area (Å²) in [5, 5.41) is 3.37. The third-order valence-electron chi connectivity index (χ3n) is 3.63. The van der Waals surface area contributed by atoms with Crippen molar-refractivity contribution in [2.45, 2.75) is 20.4 Å². The molecule has 0 atom stereocenters. The van der Waals surface area contributed by atoms with Gasteiger partial charge in [0.05, 0.1) is 15.7 Å². The number of amides is 2. The zero-order chi connectivity index (χ0) is 17.7. The molecule has 4 nitrogen and oxygen atoms in total. The van der Waals surface area contributed by atoms with Gasteiger partial charge in [-0.05, 0) is 30.2 Å². The average molecular weight is 365 g/mol. The van der Waals surface area contributed by atoms with E-state index in [1.54, 1.807) is 18.2 Å². The highest BCUT2D eigenvalue weighted by Crippen LogP contribution is 2.29. The predicted octanol–water partition coefficient (Wildman–Crippen LogP) is 4.29. The minimum atomic E-state index is -0.353. The number of halogens is 2. The number of hydrogen-bond donors (Lipinski definition) is 1. The summed E-state index contributed by atoms with van der Waals surface area (Å²) in [5.41, 5.74) is 2.42. The number of nitrogens with zero attached hydrogens (tertiary/aromatic N) is 1. The van der Waals surface area contributed by atoms with Crippen LogP contribution in [0.15, 0.2) is 42.5 Å². The molecular weight excluding hydrogens is 347 g/mol. The highest BCUT2D eigenvalue weighted by molar-refractivity contribution is 6.39. The van der Waals surface area contributed by atoms with Crippen LogP contribution in [0, 0.1) is 6.92 Å². The number of rotatable bonds is 5. The first-order valence-electron chi connectivity index (χ1n) is 7.42. The molecule has 24 heavy (non-hydrogen) atoms. The van der Waals surface area contributed by atoms with Gasteiger partial charge >= 0.3 is 0 Å². The summed E-state index contributed by atoms with van der Waals surface area (Å²) >= 11 is 12.1. The molecular formula is C18H18Cl2N2O2. The van der Waals surface area contributed by atoms with E-state index in [4.69, 9.17) is 23.2 Å². The first kappa shape index (κ1) is 18.3. The highest BCUT2D eigenvalue weighted by atomic mass is 35.5. The SMILES string of the molecule is CC(=O)N(CC(=O)Nc1c(Cl)cccc1Cl)Cc1ccccc1C. The molecule has 0 heterocycles. The van der Waals surface area contributed by atoms with Crippen LogP contribution < -0.4 is 5.32 Å². The lowest BCUT2D eigenvalue weighted by Gasteiger charge is -2.22. The third-order valence-corrected chi connectivity index (χ3v) is 4.26. The minimum Gasteiger partial charge on any atom is -0.329 e. The Labute approximate surface area is 151 Å². The number of nitrogens with one attached hydrogen (secondary N) is 1. The fourth-order valence-corrected chi connectivity index (χ4v) is 2.73. The zero-order valence-electron chi connectivity index (χ0n) is 13.5. The lowest BCUT2D eigenvalue weighted by molar-refractivity contribution is -0.133. The van der Waals surface area contributed by atoms with Gasteiger partial charge in [-0.25, -0.2) is 0 Å². The molecule has 0 radical (unpaired) electrons. The lowest BCUT2D eigenvalue weighted by Crippen LogP contribution is -2.36. The number of carbonyl (C=O) groups is 2. The van der Waals surface area contributed by atoms with Crippen molar-refractivity contribution in [3.63, 3.8) is 0 Å². The fraction of sp³-hybridized carbons (Fsp3) is 0.222. The van der Waals surface area contributed by atoms with Crippen molar-refractivity contribution >= 4 is 40.7 Å². The maximum absolute atomic E-state index is 12.3. The standard InChI is InChI=1S/C18H18Cl2N2O2/c1-12-6-3-4-7-14(12)10-22(13(2)23)11-17(24)21-18-15(19)8-5-9-16(18)20/h3-9H,10-11H2,1-2H3,(H,21,24). The van der Waals surface area contributed by atoms with Gasteiger partial charge in [-0.15, -0.1) is 0 Å². The lowest BCUT2D eigenvalue weighted by atomic mass is 10.1. The molecule has 0 saturated heterocycles. The smallest absolute Gasteiger partial charge is 0.244 e. The van der Waals surface area contributed by atoms with Crippen molar-refractivity contribution in [3.8, 4) is 0 Å². The van der Waals surface area contributed by atoms with Crippen LogP contribution in [-0.2, 0) is 16.1 Å². The van der Waals surface area contributed by atoms with Crippen molar-refractivity contribution in [1.29, 1.82) is 0 Å². The van der Waals surface area contributed by atoms with Crippen molar-refractivity contribution in [2.24, 2.45) is 0 Å². The van der Waals surface area contributed by atoms with Crippen LogP contribution in [0.3, 0.4) is 0 Å². The van der Waals surface area contributed by atoms with E-state index < -0.39 is 0 Å². The zero-order valence-corrected chi connectivity index (χ0v) is 15.0. The molecule has 0 spiro atoms. The number of carbonyl (C=O) groups excluding carboxylic acids is 2. The molecule has 0 aromatic heterocycles. The number of anilines is 1. The molecule has 0 saturated carbocycles. The quantitative estimate of drug-likeness (QED) is 0.859. The number of hydrogen-bond acceptors (Lipinski definition) is 2. The number of aryl methyl sites for hydroxylation is 1. The molecule has 0 fully saturated rings. The van der Waals surface area contributed by atoms with Gasteiger partial charge in [0.2, 0.25) is 11.8 Å². The Morgan fingerprint density at radius 1 is 1.04 bits per heavy atom. The van der Waals surface area contributed by atoms with Gasteiger partial charge in [0, 0.05) is 13.5 Å². The summed E-state index contributed by atoms with van der Waals surface area (Å²) in [6.45, 7) is 3.70. The maximum Gasteiger partial charge on any atom is 0.244 e. The number of benzene rings is 2. The molecule has 2 amide bonds. The molecule has 0 aliphatic heterocycles. The van der Waals surface area contributed by atoms with E-state index in [0.717, 1.165) is 11.1 Å². The van der Waals surface area contributed by atoms with Gasteiger partial charge in [0.15, 0.2) is 0 Å². The first-order valence-corrected chi connectivity index (χ1v) is 8.18. The van der Waals surface area contributed by atoms with E-state index in [-0.39, 0.29) is 18.4 Å². The Balaban J connectivity index is 2.09.